The first-order valence-electron chi connectivity index (χ1n) is 6.34. The van der Waals surface area contributed by atoms with Crippen molar-refractivity contribution in [3.05, 3.63) is 42.0 Å². The monoisotopic (exact) mass is 232 g/mol. The predicted molar refractivity (Wildman–Crippen MR) is 76.8 cm³/mol. The van der Waals surface area contributed by atoms with E-state index in [1.165, 1.54) is 16.8 Å². The van der Waals surface area contributed by atoms with E-state index in [4.69, 9.17) is 0 Å². The van der Waals surface area contributed by atoms with Crippen molar-refractivity contribution in [3.63, 3.8) is 0 Å². The third-order valence-corrected chi connectivity index (χ3v) is 2.87. The van der Waals surface area contributed by atoms with Gasteiger partial charge in [0.05, 0.1) is 0 Å². The first-order valence-corrected chi connectivity index (χ1v) is 6.34. The van der Waals surface area contributed by atoms with Gasteiger partial charge in [-0.2, -0.15) is 0 Å². The maximum atomic E-state index is 4.09. The van der Waals surface area contributed by atoms with Crippen LogP contribution in [0.5, 0.6) is 0 Å². The van der Waals surface area contributed by atoms with Crippen LogP contribution in [0.2, 0.25) is 0 Å². The SMILES string of the molecule is C=C(CNCC)CN(C)c1ccc(CC)cc1. The third-order valence-electron chi connectivity index (χ3n) is 2.87. The normalized spacial score (nSPS) is 10.3. The van der Waals surface area contributed by atoms with Gasteiger partial charge in [-0.1, -0.05) is 32.6 Å². The van der Waals surface area contributed by atoms with E-state index < -0.39 is 0 Å². The zero-order chi connectivity index (χ0) is 12.7. The summed E-state index contributed by atoms with van der Waals surface area (Å²) >= 11 is 0. The second-order valence-corrected chi connectivity index (χ2v) is 4.41. The van der Waals surface area contributed by atoms with Gasteiger partial charge in [-0.3, -0.25) is 0 Å². The minimum atomic E-state index is 0.897. The van der Waals surface area contributed by atoms with Gasteiger partial charge in [0.1, 0.15) is 0 Å². The van der Waals surface area contributed by atoms with Gasteiger partial charge in [0.25, 0.3) is 0 Å². The average Bonchev–Trinajstić information content (AvgIpc) is 2.36. The van der Waals surface area contributed by atoms with Crippen LogP contribution in [0.1, 0.15) is 19.4 Å². The third kappa shape index (κ3) is 4.61. The molecule has 0 aromatic heterocycles. The van der Waals surface area contributed by atoms with Crippen LogP contribution >= 0.6 is 0 Å². The van der Waals surface area contributed by atoms with Crippen LogP contribution in [-0.2, 0) is 6.42 Å². The average molecular weight is 232 g/mol. The molecule has 2 nitrogen and oxygen atoms in total. The van der Waals surface area contributed by atoms with Gasteiger partial charge in [-0.25, -0.2) is 0 Å². The van der Waals surface area contributed by atoms with Crippen LogP contribution in [0.25, 0.3) is 0 Å². The Bertz CT molecular complexity index is 340. The van der Waals surface area contributed by atoms with E-state index in [9.17, 15) is 0 Å². The summed E-state index contributed by atoms with van der Waals surface area (Å²) in [6.45, 7) is 11.2. The van der Waals surface area contributed by atoms with Crippen LogP contribution in [0, 0.1) is 0 Å². The molecule has 0 heterocycles. The molecular formula is C15H24N2. The second-order valence-electron chi connectivity index (χ2n) is 4.41. The highest BCUT2D eigenvalue weighted by atomic mass is 15.1. The zero-order valence-electron chi connectivity index (χ0n) is 11.3. The minimum Gasteiger partial charge on any atom is -0.371 e. The lowest BCUT2D eigenvalue weighted by atomic mass is 10.1. The highest BCUT2D eigenvalue weighted by Gasteiger charge is 2.02. The molecule has 0 saturated heterocycles. The van der Waals surface area contributed by atoms with Crippen LogP contribution < -0.4 is 10.2 Å². The summed E-state index contributed by atoms with van der Waals surface area (Å²) in [5.41, 5.74) is 3.85. The first-order chi connectivity index (χ1) is 8.17. The predicted octanol–water partition coefficient (Wildman–Crippen LogP) is 2.85. The Hall–Kier alpha value is -1.28. The summed E-state index contributed by atoms with van der Waals surface area (Å²) in [6.07, 6.45) is 1.09. The van der Waals surface area contributed by atoms with Crippen molar-refractivity contribution < 1.29 is 0 Å². The molecule has 0 aliphatic rings. The van der Waals surface area contributed by atoms with Gasteiger partial charge in [-0.05, 0) is 36.2 Å². The smallest absolute Gasteiger partial charge is 0.0395 e. The molecule has 0 spiro atoms. The summed E-state index contributed by atoms with van der Waals surface area (Å²) in [6, 6.07) is 8.75. The van der Waals surface area contributed by atoms with Gasteiger partial charge in [-0.15, -0.1) is 0 Å². The van der Waals surface area contributed by atoms with Gasteiger partial charge < -0.3 is 10.2 Å². The highest BCUT2D eigenvalue weighted by Crippen LogP contribution is 2.14. The standard InChI is InChI=1S/C15H24N2/c1-5-14-7-9-15(10-8-14)17(4)12-13(3)11-16-6-2/h7-10,16H,3,5-6,11-12H2,1-2,4H3. The molecule has 2 heteroatoms. The fourth-order valence-electron chi connectivity index (χ4n) is 1.77. The van der Waals surface area contributed by atoms with Gasteiger partial charge in [0.2, 0.25) is 0 Å². The zero-order valence-corrected chi connectivity index (χ0v) is 11.3. The first kappa shape index (κ1) is 13.8. The van der Waals surface area contributed by atoms with E-state index in [1.807, 2.05) is 0 Å². The Morgan fingerprint density at radius 3 is 2.41 bits per heavy atom. The molecule has 0 aliphatic heterocycles. The van der Waals surface area contributed by atoms with Crippen molar-refractivity contribution in [1.82, 2.24) is 5.32 Å². The van der Waals surface area contributed by atoms with Gasteiger partial charge in [0.15, 0.2) is 0 Å². The second kappa shape index (κ2) is 7.13. The van der Waals surface area contributed by atoms with Crippen molar-refractivity contribution in [1.29, 1.82) is 0 Å². The molecule has 1 rings (SSSR count). The molecule has 0 aliphatic carbocycles. The molecule has 1 N–H and O–H groups in total. The Labute approximate surface area is 105 Å². The van der Waals surface area contributed by atoms with E-state index in [2.05, 4.69) is 62.0 Å². The number of nitrogens with one attached hydrogen (secondary N) is 1. The van der Waals surface area contributed by atoms with Crippen molar-refractivity contribution in [3.8, 4) is 0 Å². The Morgan fingerprint density at radius 2 is 1.88 bits per heavy atom. The molecule has 0 radical (unpaired) electrons. The topological polar surface area (TPSA) is 15.3 Å². The summed E-state index contributed by atoms with van der Waals surface area (Å²) in [7, 11) is 2.11. The molecule has 0 unspecified atom stereocenters. The van der Waals surface area contributed by atoms with Crippen LogP contribution in [0.4, 0.5) is 5.69 Å². The molecule has 0 saturated carbocycles. The lowest BCUT2D eigenvalue weighted by Gasteiger charge is -2.21. The van der Waals surface area contributed by atoms with E-state index in [-0.39, 0.29) is 0 Å². The Kier molecular flexibility index (Phi) is 5.78. The van der Waals surface area contributed by atoms with Crippen LogP contribution in [0.15, 0.2) is 36.4 Å². The largest absolute Gasteiger partial charge is 0.371 e. The lowest BCUT2D eigenvalue weighted by Crippen LogP contribution is -2.25. The fourth-order valence-corrected chi connectivity index (χ4v) is 1.77. The molecule has 94 valence electrons. The lowest BCUT2D eigenvalue weighted by molar-refractivity contribution is 0.760. The van der Waals surface area contributed by atoms with Crippen LogP contribution in [0.3, 0.4) is 0 Å². The molecular weight excluding hydrogens is 208 g/mol. The number of hydrogen-bond acceptors (Lipinski definition) is 2. The Balaban J connectivity index is 2.51. The fraction of sp³-hybridized carbons (Fsp3) is 0.467. The Morgan fingerprint density at radius 1 is 1.24 bits per heavy atom. The van der Waals surface area contributed by atoms with Crippen LogP contribution in [-0.4, -0.2) is 26.7 Å². The number of nitrogens with zero attached hydrogens (tertiary/aromatic N) is 1. The number of benzene rings is 1. The van der Waals surface area contributed by atoms with Gasteiger partial charge in [0, 0.05) is 25.8 Å². The molecule has 0 amide bonds. The molecule has 0 fully saturated rings. The summed E-state index contributed by atoms with van der Waals surface area (Å²) < 4.78 is 0. The van der Waals surface area contributed by atoms with Crippen molar-refractivity contribution in [2.75, 3.05) is 31.6 Å². The minimum absolute atomic E-state index is 0.897. The molecule has 1 aromatic rings. The highest BCUT2D eigenvalue weighted by molar-refractivity contribution is 5.48. The maximum absolute atomic E-state index is 4.09. The number of anilines is 1. The van der Waals surface area contributed by atoms with E-state index in [1.54, 1.807) is 0 Å². The van der Waals surface area contributed by atoms with E-state index >= 15 is 0 Å². The summed E-state index contributed by atoms with van der Waals surface area (Å²) in [5.74, 6) is 0. The number of aryl methyl sites for hydroxylation is 1. The quantitative estimate of drug-likeness (QED) is 0.727. The number of likely N-dealkylation sites (N-methyl/N-ethyl adjacent to an activating group) is 2. The molecule has 0 atom stereocenters. The van der Waals surface area contributed by atoms with E-state index in [0.717, 1.165) is 26.1 Å². The molecule has 1 aromatic carbocycles. The number of rotatable bonds is 7. The van der Waals surface area contributed by atoms with Crippen molar-refractivity contribution >= 4 is 5.69 Å². The summed E-state index contributed by atoms with van der Waals surface area (Å²) in [4.78, 5) is 2.24. The summed E-state index contributed by atoms with van der Waals surface area (Å²) in [5, 5.41) is 3.30. The number of hydrogen-bond donors (Lipinski definition) is 1. The van der Waals surface area contributed by atoms with E-state index in [0.29, 0.717) is 0 Å². The van der Waals surface area contributed by atoms with Crippen molar-refractivity contribution in [2.24, 2.45) is 0 Å². The molecule has 17 heavy (non-hydrogen) atoms. The van der Waals surface area contributed by atoms with Gasteiger partial charge >= 0.3 is 0 Å². The van der Waals surface area contributed by atoms with Crippen molar-refractivity contribution in [2.45, 2.75) is 20.3 Å². The molecule has 0 bridgehead atoms. The maximum Gasteiger partial charge on any atom is 0.0395 e.